The summed E-state index contributed by atoms with van der Waals surface area (Å²) in [7, 11) is 0. The van der Waals surface area contributed by atoms with Crippen molar-refractivity contribution in [1.82, 2.24) is 4.90 Å². The van der Waals surface area contributed by atoms with Crippen LogP contribution in [0.25, 0.3) is 0 Å². The van der Waals surface area contributed by atoms with Crippen molar-refractivity contribution in [3.63, 3.8) is 0 Å². The van der Waals surface area contributed by atoms with Gasteiger partial charge in [0.05, 0.1) is 15.7 Å². The number of likely N-dealkylation sites (tertiary alicyclic amines) is 1. The van der Waals surface area contributed by atoms with Gasteiger partial charge in [-0.3, -0.25) is 4.90 Å². The maximum absolute atomic E-state index is 6.08. The molecule has 106 valence electrons. The standard InChI is InChI=1S/C15H22Cl2N2/c1-15(2,3)11-4-5-19(9-11)8-10-6-12(16)14(18)13(17)7-10/h6-7,11H,4-5,8-9,18H2,1-3H3. The van der Waals surface area contributed by atoms with Gasteiger partial charge >= 0.3 is 0 Å². The van der Waals surface area contributed by atoms with Gasteiger partial charge in [0.1, 0.15) is 0 Å². The van der Waals surface area contributed by atoms with E-state index in [0.717, 1.165) is 31.1 Å². The van der Waals surface area contributed by atoms with Gasteiger partial charge in [-0.25, -0.2) is 0 Å². The van der Waals surface area contributed by atoms with Crippen LogP contribution in [0.2, 0.25) is 10.0 Å². The molecule has 0 spiro atoms. The van der Waals surface area contributed by atoms with E-state index in [1.807, 2.05) is 12.1 Å². The number of hydrogen-bond donors (Lipinski definition) is 1. The molecule has 0 radical (unpaired) electrons. The fourth-order valence-corrected chi connectivity index (χ4v) is 3.20. The highest BCUT2D eigenvalue weighted by Crippen LogP contribution is 2.35. The second-order valence-electron chi connectivity index (χ2n) is 6.56. The van der Waals surface area contributed by atoms with Crippen molar-refractivity contribution in [2.45, 2.75) is 33.7 Å². The summed E-state index contributed by atoms with van der Waals surface area (Å²) in [5.74, 6) is 0.757. The minimum absolute atomic E-state index is 0.380. The molecule has 0 amide bonds. The lowest BCUT2D eigenvalue weighted by molar-refractivity contribution is 0.226. The Bertz CT molecular complexity index is 443. The van der Waals surface area contributed by atoms with Gasteiger partial charge in [0.15, 0.2) is 0 Å². The number of hydrogen-bond acceptors (Lipinski definition) is 2. The largest absolute Gasteiger partial charge is 0.396 e. The first-order valence-electron chi connectivity index (χ1n) is 6.73. The molecule has 0 saturated carbocycles. The third-order valence-electron chi connectivity index (χ3n) is 4.04. The molecular weight excluding hydrogens is 279 g/mol. The second kappa shape index (κ2) is 5.51. The Hall–Kier alpha value is -0.440. The average Bonchev–Trinajstić information content (AvgIpc) is 2.74. The molecule has 2 rings (SSSR count). The Morgan fingerprint density at radius 2 is 1.84 bits per heavy atom. The van der Waals surface area contributed by atoms with Gasteiger partial charge < -0.3 is 5.73 Å². The van der Waals surface area contributed by atoms with Crippen molar-refractivity contribution in [3.05, 3.63) is 27.7 Å². The molecular formula is C15H22Cl2N2. The van der Waals surface area contributed by atoms with Gasteiger partial charge in [0, 0.05) is 13.1 Å². The molecule has 1 saturated heterocycles. The molecule has 1 aliphatic rings. The highest BCUT2D eigenvalue weighted by Gasteiger charge is 2.31. The van der Waals surface area contributed by atoms with E-state index >= 15 is 0 Å². The molecule has 2 nitrogen and oxygen atoms in total. The van der Waals surface area contributed by atoms with Crippen LogP contribution in [0.3, 0.4) is 0 Å². The van der Waals surface area contributed by atoms with E-state index in [9.17, 15) is 0 Å². The Morgan fingerprint density at radius 1 is 1.26 bits per heavy atom. The molecule has 0 aliphatic carbocycles. The number of rotatable bonds is 2. The summed E-state index contributed by atoms with van der Waals surface area (Å²) in [6.07, 6.45) is 1.26. The van der Waals surface area contributed by atoms with Gasteiger partial charge in [-0.15, -0.1) is 0 Å². The summed E-state index contributed by atoms with van der Waals surface area (Å²) in [5.41, 5.74) is 7.75. The van der Waals surface area contributed by atoms with Crippen LogP contribution in [0.5, 0.6) is 0 Å². The lowest BCUT2D eigenvalue weighted by atomic mass is 9.80. The van der Waals surface area contributed by atoms with E-state index in [1.165, 1.54) is 6.42 Å². The monoisotopic (exact) mass is 300 g/mol. The third-order valence-corrected chi connectivity index (χ3v) is 4.67. The summed E-state index contributed by atoms with van der Waals surface area (Å²) in [6.45, 7) is 10.1. The highest BCUT2D eigenvalue weighted by molar-refractivity contribution is 6.38. The lowest BCUT2D eigenvalue weighted by Gasteiger charge is -2.27. The molecule has 2 N–H and O–H groups in total. The van der Waals surface area contributed by atoms with E-state index in [1.54, 1.807) is 0 Å². The van der Waals surface area contributed by atoms with Gasteiger partial charge in [-0.1, -0.05) is 44.0 Å². The van der Waals surface area contributed by atoms with E-state index in [4.69, 9.17) is 28.9 Å². The number of nitrogen functional groups attached to an aromatic ring is 1. The van der Waals surface area contributed by atoms with E-state index < -0.39 is 0 Å². The van der Waals surface area contributed by atoms with Crippen LogP contribution in [-0.2, 0) is 6.54 Å². The maximum Gasteiger partial charge on any atom is 0.0693 e. The van der Waals surface area contributed by atoms with Crippen LogP contribution in [0, 0.1) is 11.3 Å². The molecule has 4 heteroatoms. The van der Waals surface area contributed by atoms with E-state index in [2.05, 4.69) is 25.7 Å². The lowest BCUT2D eigenvalue weighted by Crippen LogP contribution is -2.25. The molecule has 1 fully saturated rings. The van der Waals surface area contributed by atoms with Gasteiger partial charge in [0.25, 0.3) is 0 Å². The first-order valence-corrected chi connectivity index (χ1v) is 7.48. The van der Waals surface area contributed by atoms with E-state index in [0.29, 0.717) is 21.1 Å². The van der Waals surface area contributed by atoms with Crippen LogP contribution >= 0.6 is 23.2 Å². The first-order chi connectivity index (χ1) is 8.77. The van der Waals surface area contributed by atoms with Crippen LogP contribution < -0.4 is 5.73 Å². The molecule has 1 aromatic rings. The summed E-state index contributed by atoms with van der Waals surface area (Å²) in [6, 6.07) is 3.85. The van der Waals surface area contributed by atoms with Gasteiger partial charge in [0.2, 0.25) is 0 Å². The minimum Gasteiger partial charge on any atom is -0.396 e. The zero-order valence-electron chi connectivity index (χ0n) is 11.8. The Kier molecular flexibility index (Phi) is 4.34. The van der Waals surface area contributed by atoms with Crippen LogP contribution in [0.1, 0.15) is 32.8 Å². The summed E-state index contributed by atoms with van der Waals surface area (Å²) >= 11 is 12.2. The van der Waals surface area contributed by atoms with Crippen molar-refractivity contribution in [2.75, 3.05) is 18.8 Å². The van der Waals surface area contributed by atoms with E-state index in [-0.39, 0.29) is 0 Å². The van der Waals surface area contributed by atoms with Gasteiger partial charge in [-0.2, -0.15) is 0 Å². The second-order valence-corrected chi connectivity index (χ2v) is 7.37. The fraction of sp³-hybridized carbons (Fsp3) is 0.600. The van der Waals surface area contributed by atoms with Crippen molar-refractivity contribution >= 4 is 28.9 Å². The zero-order chi connectivity index (χ0) is 14.2. The Balaban J connectivity index is 2.04. The summed E-state index contributed by atoms with van der Waals surface area (Å²) in [5, 5.41) is 1.10. The fourth-order valence-electron chi connectivity index (χ4n) is 2.67. The molecule has 1 aromatic carbocycles. The predicted octanol–water partition coefficient (Wildman–Crippen LogP) is 4.44. The first kappa shape index (κ1) is 15.0. The SMILES string of the molecule is CC(C)(C)C1CCN(Cc2cc(Cl)c(N)c(Cl)c2)C1. The maximum atomic E-state index is 6.08. The number of anilines is 1. The number of benzene rings is 1. The molecule has 1 heterocycles. The third kappa shape index (κ3) is 3.56. The molecule has 1 atom stereocenters. The van der Waals surface area contributed by atoms with Crippen molar-refractivity contribution in [3.8, 4) is 0 Å². The quantitative estimate of drug-likeness (QED) is 0.818. The molecule has 1 unspecified atom stereocenters. The number of nitrogens with two attached hydrogens (primary N) is 1. The molecule has 0 bridgehead atoms. The topological polar surface area (TPSA) is 29.3 Å². The minimum atomic E-state index is 0.380. The molecule has 19 heavy (non-hydrogen) atoms. The van der Waals surface area contributed by atoms with Crippen molar-refractivity contribution < 1.29 is 0 Å². The number of halogens is 2. The van der Waals surface area contributed by atoms with Crippen molar-refractivity contribution in [2.24, 2.45) is 11.3 Å². The normalized spacial score (nSPS) is 21.0. The predicted molar refractivity (Wildman–Crippen MR) is 83.7 cm³/mol. The highest BCUT2D eigenvalue weighted by atomic mass is 35.5. The smallest absolute Gasteiger partial charge is 0.0693 e. The zero-order valence-corrected chi connectivity index (χ0v) is 13.4. The van der Waals surface area contributed by atoms with Crippen LogP contribution in [0.4, 0.5) is 5.69 Å². The molecule has 0 aromatic heterocycles. The Morgan fingerprint density at radius 3 is 2.32 bits per heavy atom. The van der Waals surface area contributed by atoms with Gasteiger partial charge in [-0.05, 0) is 42.0 Å². The summed E-state index contributed by atoms with van der Waals surface area (Å²) in [4.78, 5) is 2.47. The number of nitrogens with zero attached hydrogens (tertiary/aromatic N) is 1. The summed E-state index contributed by atoms with van der Waals surface area (Å²) < 4.78 is 0. The van der Waals surface area contributed by atoms with Crippen LogP contribution in [-0.4, -0.2) is 18.0 Å². The molecule has 1 aliphatic heterocycles. The van der Waals surface area contributed by atoms with Crippen molar-refractivity contribution in [1.29, 1.82) is 0 Å². The average molecular weight is 301 g/mol. The Labute approximate surface area is 125 Å². The van der Waals surface area contributed by atoms with Crippen LogP contribution in [0.15, 0.2) is 12.1 Å².